The number of carbonyl (C=O) groups excluding carboxylic acids is 1. The van der Waals surface area contributed by atoms with E-state index in [2.05, 4.69) is 51.6 Å². The number of rotatable bonds is 7. The molecule has 1 N–H and O–H groups in total. The summed E-state index contributed by atoms with van der Waals surface area (Å²) in [7, 11) is 0. The maximum absolute atomic E-state index is 12.7. The molecule has 0 aliphatic carbocycles. The SMILES string of the molecule is CC(SCc1ccccc1)C(=O)NCC1(c2cccc(Br)c2)CCOCC1. The first-order chi connectivity index (χ1) is 13.1. The molecule has 3 nitrogen and oxygen atoms in total. The zero-order valence-corrected chi connectivity index (χ0v) is 18.0. The third-order valence-corrected chi connectivity index (χ3v) is 6.91. The first kappa shape index (κ1) is 20.4. The number of carbonyl (C=O) groups is 1. The van der Waals surface area contributed by atoms with E-state index in [1.807, 2.05) is 31.2 Å². The summed E-state index contributed by atoms with van der Waals surface area (Å²) in [5.41, 5.74) is 2.46. The molecular formula is C22H26BrNO2S. The normalized spacial score (nSPS) is 17.3. The molecule has 1 aliphatic rings. The minimum atomic E-state index is -0.0791. The van der Waals surface area contributed by atoms with Crippen LogP contribution in [0.25, 0.3) is 0 Å². The van der Waals surface area contributed by atoms with Crippen molar-refractivity contribution in [2.45, 2.75) is 36.2 Å². The number of ether oxygens (including phenoxy) is 1. The van der Waals surface area contributed by atoms with Crippen molar-refractivity contribution >= 4 is 33.6 Å². The Kier molecular flexibility index (Phi) is 7.39. The van der Waals surface area contributed by atoms with Gasteiger partial charge in [-0.3, -0.25) is 4.79 Å². The van der Waals surface area contributed by atoms with Crippen LogP contribution in [0.3, 0.4) is 0 Å². The molecule has 0 radical (unpaired) electrons. The molecule has 2 aromatic carbocycles. The Morgan fingerprint density at radius 3 is 2.63 bits per heavy atom. The highest BCUT2D eigenvalue weighted by Crippen LogP contribution is 2.35. The van der Waals surface area contributed by atoms with Crippen LogP contribution in [0.4, 0.5) is 0 Å². The number of thioether (sulfide) groups is 1. The lowest BCUT2D eigenvalue weighted by Gasteiger charge is -2.38. The van der Waals surface area contributed by atoms with Crippen LogP contribution in [0.1, 0.15) is 30.9 Å². The Morgan fingerprint density at radius 2 is 1.93 bits per heavy atom. The molecule has 144 valence electrons. The zero-order chi connectivity index (χ0) is 19.1. The Morgan fingerprint density at radius 1 is 1.19 bits per heavy atom. The van der Waals surface area contributed by atoms with Crippen molar-refractivity contribution in [1.29, 1.82) is 0 Å². The molecule has 5 heteroatoms. The number of hydrogen-bond acceptors (Lipinski definition) is 3. The standard InChI is InChI=1S/C22H26BrNO2S/c1-17(27-15-18-6-3-2-4-7-18)21(25)24-16-22(10-12-26-13-11-22)19-8-5-9-20(23)14-19/h2-9,14,17H,10-13,15-16H2,1H3,(H,24,25). The highest BCUT2D eigenvalue weighted by atomic mass is 79.9. The Balaban J connectivity index is 1.60. The highest BCUT2D eigenvalue weighted by molar-refractivity contribution is 9.10. The Bertz CT molecular complexity index is 747. The third-order valence-electron chi connectivity index (χ3n) is 5.20. The number of amides is 1. The van der Waals surface area contributed by atoms with Crippen molar-refractivity contribution < 1.29 is 9.53 Å². The summed E-state index contributed by atoms with van der Waals surface area (Å²) in [5.74, 6) is 0.955. The van der Waals surface area contributed by atoms with E-state index in [0.717, 1.165) is 36.3 Å². The topological polar surface area (TPSA) is 38.3 Å². The number of benzene rings is 2. The van der Waals surface area contributed by atoms with E-state index in [4.69, 9.17) is 4.74 Å². The molecule has 2 aromatic rings. The van der Waals surface area contributed by atoms with Crippen LogP contribution in [0, 0.1) is 0 Å². The molecule has 1 aliphatic heterocycles. The van der Waals surface area contributed by atoms with Crippen LogP contribution in [-0.4, -0.2) is 30.9 Å². The van der Waals surface area contributed by atoms with Gasteiger partial charge in [-0.1, -0.05) is 58.4 Å². The van der Waals surface area contributed by atoms with Crippen LogP contribution < -0.4 is 5.32 Å². The van der Waals surface area contributed by atoms with E-state index >= 15 is 0 Å². The molecule has 1 atom stereocenters. The molecule has 1 fully saturated rings. The molecule has 1 saturated heterocycles. The second-order valence-electron chi connectivity index (χ2n) is 7.06. The van der Waals surface area contributed by atoms with E-state index in [-0.39, 0.29) is 16.6 Å². The maximum Gasteiger partial charge on any atom is 0.232 e. The van der Waals surface area contributed by atoms with Crippen molar-refractivity contribution in [2.24, 2.45) is 0 Å². The lowest BCUT2D eigenvalue weighted by molar-refractivity contribution is -0.120. The predicted octanol–water partition coefficient (Wildman–Crippen LogP) is 4.94. The largest absolute Gasteiger partial charge is 0.381 e. The lowest BCUT2D eigenvalue weighted by Crippen LogP contribution is -2.46. The van der Waals surface area contributed by atoms with Gasteiger partial charge in [-0.05, 0) is 43.0 Å². The molecule has 0 aromatic heterocycles. The lowest BCUT2D eigenvalue weighted by atomic mass is 9.74. The smallest absolute Gasteiger partial charge is 0.232 e. The molecular weight excluding hydrogens is 422 g/mol. The second-order valence-corrected chi connectivity index (χ2v) is 9.30. The van der Waals surface area contributed by atoms with Gasteiger partial charge in [-0.25, -0.2) is 0 Å². The first-order valence-corrected chi connectivity index (χ1v) is 11.2. The van der Waals surface area contributed by atoms with Crippen LogP contribution in [0.2, 0.25) is 0 Å². The van der Waals surface area contributed by atoms with Gasteiger partial charge in [0.1, 0.15) is 0 Å². The molecule has 0 saturated carbocycles. The van der Waals surface area contributed by atoms with Crippen molar-refractivity contribution in [1.82, 2.24) is 5.32 Å². The molecule has 0 bridgehead atoms. The Labute approximate surface area is 174 Å². The third kappa shape index (κ3) is 5.59. The summed E-state index contributed by atoms with van der Waals surface area (Å²) in [6.45, 7) is 4.11. The van der Waals surface area contributed by atoms with E-state index in [0.29, 0.717) is 6.54 Å². The second kappa shape index (κ2) is 9.76. The van der Waals surface area contributed by atoms with E-state index in [1.165, 1.54) is 11.1 Å². The van der Waals surface area contributed by atoms with Gasteiger partial charge in [0.2, 0.25) is 5.91 Å². The van der Waals surface area contributed by atoms with Gasteiger partial charge in [0.05, 0.1) is 5.25 Å². The molecule has 1 heterocycles. The summed E-state index contributed by atoms with van der Waals surface area (Å²) < 4.78 is 6.66. The summed E-state index contributed by atoms with van der Waals surface area (Å²) in [4.78, 5) is 12.7. The monoisotopic (exact) mass is 447 g/mol. The van der Waals surface area contributed by atoms with Gasteiger partial charge in [0.25, 0.3) is 0 Å². The highest BCUT2D eigenvalue weighted by Gasteiger charge is 2.35. The van der Waals surface area contributed by atoms with Crippen molar-refractivity contribution in [2.75, 3.05) is 19.8 Å². The quantitative estimate of drug-likeness (QED) is 0.653. The average molecular weight is 448 g/mol. The van der Waals surface area contributed by atoms with Crippen LogP contribution in [0.15, 0.2) is 59.1 Å². The molecule has 0 spiro atoms. The van der Waals surface area contributed by atoms with E-state index in [9.17, 15) is 4.79 Å². The van der Waals surface area contributed by atoms with Crippen LogP contribution >= 0.6 is 27.7 Å². The zero-order valence-electron chi connectivity index (χ0n) is 15.6. The minimum absolute atomic E-state index is 0.0541. The van der Waals surface area contributed by atoms with Gasteiger partial charge < -0.3 is 10.1 Å². The van der Waals surface area contributed by atoms with Crippen LogP contribution in [0.5, 0.6) is 0 Å². The number of hydrogen-bond donors (Lipinski definition) is 1. The molecule has 27 heavy (non-hydrogen) atoms. The Hall–Kier alpha value is -1.30. The first-order valence-electron chi connectivity index (χ1n) is 9.36. The molecule has 3 rings (SSSR count). The summed E-state index contributed by atoms with van der Waals surface area (Å²) >= 11 is 5.25. The number of halogens is 1. The maximum atomic E-state index is 12.7. The average Bonchev–Trinajstić information content (AvgIpc) is 2.71. The van der Waals surface area contributed by atoms with Gasteiger partial charge in [0, 0.05) is 35.4 Å². The molecule has 1 unspecified atom stereocenters. The fourth-order valence-electron chi connectivity index (χ4n) is 3.42. The summed E-state index contributed by atoms with van der Waals surface area (Å²) in [5, 5.41) is 3.14. The van der Waals surface area contributed by atoms with Crippen molar-refractivity contribution in [3.63, 3.8) is 0 Å². The number of nitrogens with one attached hydrogen (secondary N) is 1. The fraction of sp³-hybridized carbons (Fsp3) is 0.409. The summed E-state index contributed by atoms with van der Waals surface area (Å²) in [6.07, 6.45) is 1.85. The van der Waals surface area contributed by atoms with Gasteiger partial charge in [-0.15, -0.1) is 11.8 Å². The predicted molar refractivity (Wildman–Crippen MR) is 116 cm³/mol. The van der Waals surface area contributed by atoms with E-state index < -0.39 is 0 Å². The fourth-order valence-corrected chi connectivity index (χ4v) is 4.69. The van der Waals surface area contributed by atoms with Crippen molar-refractivity contribution in [3.05, 3.63) is 70.2 Å². The van der Waals surface area contributed by atoms with Crippen LogP contribution in [-0.2, 0) is 20.7 Å². The minimum Gasteiger partial charge on any atom is -0.381 e. The van der Waals surface area contributed by atoms with E-state index in [1.54, 1.807) is 11.8 Å². The van der Waals surface area contributed by atoms with Crippen molar-refractivity contribution in [3.8, 4) is 0 Å². The van der Waals surface area contributed by atoms with Gasteiger partial charge in [0.15, 0.2) is 0 Å². The summed E-state index contributed by atoms with van der Waals surface area (Å²) in [6, 6.07) is 18.7. The molecule has 1 amide bonds. The van der Waals surface area contributed by atoms with Gasteiger partial charge >= 0.3 is 0 Å². The van der Waals surface area contributed by atoms with Gasteiger partial charge in [-0.2, -0.15) is 0 Å².